The van der Waals surface area contributed by atoms with Crippen molar-refractivity contribution in [2.75, 3.05) is 0 Å². The fourth-order valence-corrected chi connectivity index (χ4v) is 3.13. The highest BCUT2D eigenvalue weighted by molar-refractivity contribution is 5.31. The van der Waals surface area contributed by atoms with Crippen LogP contribution in [0.4, 0.5) is 0 Å². The zero-order chi connectivity index (χ0) is 15.6. The van der Waals surface area contributed by atoms with Crippen LogP contribution in [0, 0.1) is 11.8 Å². The Kier molecular flexibility index (Phi) is 4.98. The van der Waals surface area contributed by atoms with E-state index in [0.717, 1.165) is 24.5 Å². The smallest absolute Gasteiger partial charge is 0.119 e. The first-order valence-electron chi connectivity index (χ1n) is 8.30. The molecule has 0 radical (unpaired) electrons. The summed E-state index contributed by atoms with van der Waals surface area (Å²) < 4.78 is 6.19. The summed E-state index contributed by atoms with van der Waals surface area (Å²) in [6.45, 7) is 11.3. The SMILES string of the molecule is CC(C)C1CCC(N)C(Oc2ccc(C(C)(C)C)cc2)C1. The molecule has 2 nitrogen and oxygen atoms in total. The zero-order valence-corrected chi connectivity index (χ0v) is 14.2. The minimum absolute atomic E-state index is 0.159. The van der Waals surface area contributed by atoms with E-state index < -0.39 is 0 Å². The maximum atomic E-state index is 6.26. The summed E-state index contributed by atoms with van der Waals surface area (Å²) in [5.74, 6) is 2.41. The van der Waals surface area contributed by atoms with Gasteiger partial charge in [0, 0.05) is 6.04 Å². The molecule has 2 rings (SSSR count). The van der Waals surface area contributed by atoms with E-state index in [1.807, 2.05) is 0 Å². The van der Waals surface area contributed by atoms with E-state index in [2.05, 4.69) is 58.9 Å². The van der Waals surface area contributed by atoms with Crippen LogP contribution in [0.1, 0.15) is 59.4 Å². The van der Waals surface area contributed by atoms with Gasteiger partial charge in [0.1, 0.15) is 11.9 Å². The quantitative estimate of drug-likeness (QED) is 0.888. The van der Waals surface area contributed by atoms with Crippen LogP contribution in [0.2, 0.25) is 0 Å². The third-order valence-corrected chi connectivity index (χ3v) is 4.83. The van der Waals surface area contributed by atoms with Crippen molar-refractivity contribution in [2.24, 2.45) is 17.6 Å². The first-order chi connectivity index (χ1) is 9.77. The van der Waals surface area contributed by atoms with Crippen LogP contribution < -0.4 is 10.5 Å². The Hall–Kier alpha value is -1.02. The van der Waals surface area contributed by atoms with Gasteiger partial charge >= 0.3 is 0 Å². The van der Waals surface area contributed by atoms with E-state index in [0.29, 0.717) is 5.92 Å². The first-order valence-corrected chi connectivity index (χ1v) is 8.30. The molecule has 0 aromatic heterocycles. The molecule has 1 aliphatic carbocycles. The summed E-state index contributed by atoms with van der Waals surface area (Å²) in [6.07, 6.45) is 3.56. The molecule has 1 aliphatic rings. The lowest BCUT2D eigenvalue weighted by Crippen LogP contribution is -2.44. The maximum Gasteiger partial charge on any atom is 0.119 e. The summed E-state index contributed by atoms with van der Waals surface area (Å²) in [5, 5.41) is 0. The van der Waals surface area contributed by atoms with E-state index in [4.69, 9.17) is 10.5 Å². The average Bonchev–Trinajstić information content (AvgIpc) is 2.40. The van der Waals surface area contributed by atoms with Crippen LogP contribution in [0.25, 0.3) is 0 Å². The summed E-state index contributed by atoms with van der Waals surface area (Å²) >= 11 is 0. The lowest BCUT2D eigenvalue weighted by Gasteiger charge is -2.36. The Morgan fingerprint density at radius 2 is 1.71 bits per heavy atom. The molecule has 2 N–H and O–H groups in total. The van der Waals surface area contributed by atoms with Gasteiger partial charge in [0.2, 0.25) is 0 Å². The molecule has 1 aromatic carbocycles. The zero-order valence-electron chi connectivity index (χ0n) is 14.2. The van der Waals surface area contributed by atoms with Crippen molar-refractivity contribution in [3.8, 4) is 5.75 Å². The van der Waals surface area contributed by atoms with Crippen molar-refractivity contribution < 1.29 is 4.74 Å². The molecule has 1 saturated carbocycles. The molecule has 0 saturated heterocycles. The molecular formula is C19H31NO. The Bertz CT molecular complexity index is 444. The van der Waals surface area contributed by atoms with E-state index in [1.54, 1.807) is 0 Å². The predicted molar refractivity (Wildman–Crippen MR) is 89.7 cm³/mol. The monoisotopic (exact) mass is 289 g/mol. The molecule has 3 unspecified atom stereocenters. The predicted octanol–water partition coefficient (Wildman–Crippen LogP) is 4.51. The summed E-state index contributed by atoms with van der Waals surface area (Å²) in [5.41, 5.74) is 7.78. The van der Waals surface area contributed by atoms with Crippen LogP contribution in [-0.4, -0.2) is 12.1 Å². The van der Waals surface area contributed by atoms with Crippen LogP contribution in [0.5, 0.6) is 5.75 Å². The molecular weight excluding hydrogens is 258 g/mol. The highest BCUT2D eigenvalue weighted by Crippen LogP contribution is 2.32. The topological polar surface area (TPSA) is 35.2 Å². The second-order valence-corrected chi connectivity index (χ2v) is 7.91. The van der Waals surface area contributed by atoms with Crippen LogP contribution in [-0.2, 0) is 5.41 Å². The van der Waals surface area contributed by atoms with E-state index in [1.165, 1.54) is 12.0 Å². The van der Waals surface area contributed by atoms with Crippen LogP contribution in [0.15, 0.2) is 24.3 Å². The summed E-state index contributed by atoms with van der Waals surface area (Å²) in [4.78, 5) is 0. The van der Waals surface area contributed by atoms with Crippen molar-refractivity contribution in [2.45, 2.75) is 71.4 Å². The van der Waals surface area contributed by atoms with Gasteiger partial charge in [-0.2, -0.15) is 0 Å². The minimum atomic E-state index is 0.159. The highest BCUT2D eigenvalue weighted by Gasteiger charge is 2.31. The molecule has 0 heterocycles. The standard InChI is InChI=1S/C19H31NO/c1-13(2)14-6-11-17(20)18(12-14)21-16-9-7-15(8-10-16)19(3,4)5/h7-10,13-14,17-18H,6,11-12,20H2,1-5H3. The molecule has 0 amide bonds. The maximum absolute atomic E-state index is 6.26. The van der Waals surface area contributed by atoms with Crippen molar-refractivity contribution in [1.82, 2.24) is 0 Å². The Balaban J connectivity index is 2.03. The van der Waals surface area contributed by atoms with E-state index in [-0.39, 0.29) is 17.6 Å². The van der Waals surface area contributed by atoms with Crippen LogP contribution >= 0.6 is 0 Å². The largest absolute Gasteiger partial charge is 0.489 e. The van der Waals surface area contributed by atoms with Gasteiger partial charge in [-0.3, -0.25) is 0 Å². The third kappa shape index (κ3) is 4.23. The molecule has 2 heteroatoms. The highest BCUT2D eigenvalue weighted by atomic mass is 16.5. The lowest BCUT2D eigenvalue weighted by molar-refractivity contribution is 0.0867. The van der Waals surface area contributed by atoms with Crippen molar-refractivity contribution in [1.29, 1.82) is 0 Å². The van der Waals surface area contributed by atoms with Gasteiger partial charge in [-0.15, -0.1) is 0 Å². The van der Waals surface area contributed by atoms with Gasteiger partial charge in [-0.25, -0.2) is 0 Å². The Morgan fingerprint density at radius 3 is 2.24 bits per heavy atom. The second kappa shape index (κ2) is 6.39. The summed E-state index contributed by atoms with van der Waals surface area (Å²) in [6, 6.07) is 8.69. The molecule has 0 aliphatic heterocycles. The number of rotatable bonds is 3. The average molecular weight is 289 g/mol. The Labute approximate surface area is 130 Å². The molecule has 21 heavy (non-hydrogen) atoms. The van der Waals surface area contributed by atoms with Gasteiger partial charge < -0.3 is 10.5 Å². The van der Waals surface area contributed by atoms with Crippen LogP contribution in [0.3, 0.4) is 0 Å². The fraction of sp³-hybridized carbons (Fsp3) is 0.684. The minimum Gasteiger partial charge on any atom is -0.489 e. The number of hydrogen-bond donors (Lipinski definition) is 1. The lowest BCUT2D eigenvalue weighted by atomic mass is 9.78. The van der Waals surface area contributed by atoms with Gasteiger partial charge in [0.15, 0.2) is 0 Å². The molecule has 3 atom stereocenters. The molecule has 0 bridgehead atoms. The van der Waals surface area contributed by atoms with Gasteiger partial charge in [0.05, 0.1) is 0 Å². The van der Waals surface area contributed by atoms with Gasteiger partial charge in [-0.1, -0.05) is 46.8 Å². The van der Waals surface area contributed by atoms with Gasteiger partial charge in [0.25, 0.3) is 0 Å². The third-order valence-electron chi connectivity index (χ3n) is 4.83. The van der Waals surface area contributed by atoms with E-state index >= 15 is 0 Å². The van der Waals surface area contributed by atoms with Crippen molar-refractivity contribution >= 4 is 0 Å². The fourth-order valence-electron chi connectivity index (χ4n) is 3.13. The van der Waals surface area contributed by atoms with Gasteiger partial charge in [-0.05, 0) is 54.2 Å². The normalized spacial score (nSPS) is 26.9. The number of hydrogen-bond acceptors (Lipinski definition) is 2. The number of benzene rings is 1. The number of nitrogens with two attached hydrogens (primary N) is 1. The molecule has 118 valence electrons. The van der Waals surface area contributed by atoms with E-state index in [9.17, 15) is 0 Å². The number of ether oxygens (including phenoxy) is 1. The molecule has 1 aromatic rings. The summed E-state index contributed by atoms with van der Waals surface area (Å²) in [7, 11) is 0. The van der Waals surface area contributed by atoms with Crippen molar-refractivity contribution in [3.05, 3.63) is 29.8 Å². The molecule has 1 fully saturated rings. The first kappa shape index (κ1) is 16.4. The Morgan fingerprint density at radius 1 is 1.10 bits per heavy atom. The molecule has 0 spiro atoms. The second-order valence-electron chi connectivity index (χ2n) is 7.91. The van der Waals surface area contributed by atoms with Crippen molar-refractivity contribution in [3.63, 3.8) is 0 Å².